The average Bonchev–Trinajstić information content (AvgIpc) is 3.32. The van der Waals surface area contributed by atoms with Crippen molar-refractivity contribution in [1.29, 1.82) is 0 Å². The molecule has 0 bridgehead atoms. The summed E-state index contributed by atoms with van der Waals surface area (Å²) in [6.45, 7) is 7.58. The van der Waals surface area contributed by atoms with Gasteiger partial charge in [0.05, 0.1) is 12.2 Å². The average molecular weight is 405 g/mol. The highest BCUT2D eigenvalue weighted by molar-refractivity contribution is 6.36. The molecule has 5 rings (SSSR count). The lowest BCUT2D eigenvalue weighted by Crippen LogP contribution is -2.46. The zero-order chi connectivity index (χ0) is 20.5. The number of anilines is 1. The first-order chi connectivity index (χ1) is 14.7. The predicted molar refractivity (Wildman–Crippen MR) is 117 cm³/mol. The third-order valence-electron chi connectivity index (χ3n) is 6.17. The van der Waals surface area contributed by atoms with Gasteiger partial charge >= 0.3 is 0 Å². The molecule has 1 amide bonds. The van der Waals surface area contributed by atoms with E-state index in [0.717, 1.165) is 68.3 Å². The lowest BCUT2D eigenvalue weighted by molar-refractivity contribution is -0.110. The molecule has 0 atom stereocenters. The number of rotatable bonds is 5. The molecule has 0 radical (unpaired) electrons. The van der Waals surface area contributed by atoms with Gasteiger partial charge in [-0.15, -0.1) is 0 Å². The van der Waals surface area contributed by atoms with Crippen LogP contribution in [0.3, 0.4) is 0 Å². The van der Waals surface area contributed by atoms with E-state index >= 15 is 0 Å². The summed E-state index contributed by atoms with van der Waals surface area (Å²) in [6.07, 6.45) is 0. The smallest absolute Gasteiger partial charge is 0.260 e. The monoisotopic (exact) mass is 405 g/mol. The molecule has 0 saturated carbocycles. The number of methoxy groups -OCH3 is 1. The third-order valence-corrected chi connectivity index (χ3v) is 6.17. The second-order valence-corrected chi connectivity index (χ2v) is 8.09. The Balaban J connectivity index is 1.32. The number of carbonyl (C=O) groups excluding carboxylic acids is 1. The van der Waals surface area contributed by atoms with Crippen LogP contribution in [0.15, 0.2) is 42.5 Å². The SMILES string of the molecule is COCCN1CCN(Cc2ccc3c(c2)COC3=C2C(=O)Nc3ccccc32)CC1. The molecule has 0 unspecified atom stereocenters. The molecule has 1 fully saturated rings. The zero-order valence-electron chi connectivity index (χ0n) is 17.3. The van der Waals surface area contributed by atoms with Crippen LogP contribution in [-0.4, -0.2) is 62.1 Å². The van der Waals surface area contributed by atoms with Crippen LogP contribution in [-0.2, 0) is 27.4 Å². The van der Waals surface area contributed by atoms with Crippen LogP contribution in [0.25, 0.3) is 11.3 Å². The van der Waals surface area contributed by atoms with Crippen molar-refractivity contribution in [3.05, 3.63) is 64.7 Å². The number of para-hydroxylation sites is 1. The molecule has 3 aliphatic heterocycles. The summed E-state index contributed by atoms with van der Waals surface area (Å²) in [5.41, 5.74) is 5.90. The number of hydrogen-bond acceptors (Lipinski definition) is 5. The van der Waals surface area contributed by atoms with Crippen LogP contribution < -0.4 is 5.32 Å². The maximum absolute atomic E-state index is 12.6. The summed E-state index contributed by atoms with van der Waals surface area (Å²) in [7, 11) is 1.76. The summed E-state index contributed by atoms with van der Waals surface area (Å²) in [5.74, 6) is 0.611. The Bertz CT molecular complexity index is 993. The van der Waals surface area contributed by atoms with Crippen LogP contribution in [0, 0.1) is 0 Å². The molecule has 6 heteroatoms. The van der Waals surface area contributed by atoms with Crippen molar-refractivity contribution in [3.63, 3.8) is 0 Å². The number of hydrogen-bond donors (Lipinski definition) is 1. The fourth-order valence-corrected chi connectivity index (χ4v) is 4.51. The molecule has 2 aromatic rings. The topological polar surface area (TPSA) is 54.0 Å². The highest BCUT2D eigenvalue weighted by Gasteiger charge is 2.32. The molecule has 6 nitrogen and oxygen atoms in total. The normalized spacial score (nSPS) is 21.3. The van der Waals surface area contributed by atoms with Crippen molar-refractivity contribution in [1.82, 2.24) is 9.80 Å². The van der Waals surface area contributed by atoms with Crippen LogP contribution in [0.4, 0.5) is 5.69 Å². The standard InChI is InChI=1S/C24H27N3O3/c1-29-13-12-26-8-10-27(11-9-26)15-17-6-7-19-18(14-17)16-30-23(19)22-20-4-2-3-5-21(20)25-24(22)28/h2-7,14H,8-13,15-16H2,1H3,(H,25,28). The van der Waals surface area contributed by atoms with Gasteiger partial charge < -0.3 is 14.8 Å². The van der Waals surface area contributed by atoms with E-state index in [1.54, 1.807) is 7.11 Å². The number of carbonyl (C=O) groups is 1. The van der Waals surface area contributed by atoms with Gasteiger partial charge in [-0.25, -0.2) is 0 Å². The predicted octanol–water partition coefficient (Wildman–Crippen LogP) is 2.80. The molecule has 3 aliphatic rings. The summed E-state index contributed by atoms with van der Waals surface area (Å²) in [6, 6.07) is 14.3. The van der Waals surface area contributed by atoms with Gasteiger partial charge in [-0.05, 0) is 11.6 Å². The van der Waals surface area contributed by atoms with Gasteiger partial charge in [-0.3, -0.25) is 14.6 Å². The summed E-state index contributed by atoms with van der Waals surface area (Å²) < 4.78 is 11.2. The highest BCUT2D eigenvalue weighted by Crippen LogP contribution is 2.41. The Hall–Kier alpha value is -2.67. The Kier molecular flexibility index (Phi) is 5.29. The first-order valence-corrected chi connectivity index (χ1v) is 10.6. The van der Waals surface area contributed by atoms with Gasteiger partial charge in [0.2, 0.25) is 0 Å². The molecule has 3 heterocycles. The largest absolute Gasteiger partial charge is 0.487 e. The summed E-state index contributed by atoms with van der Waals surface area (Å²) >= 11 is 0. The Morgan fingerprint density at radius 3 is 2.67 bits per heavy atom. The van der Waals surface area contributed by atoms with Crippen molar-refractivity contribution >= 4 is 22.9 Å². The van der Waals surface area contributed by atoms with Crippen LogP contribution >= 0.6 is 0 Å². The van der Waals surface area contributed by atoms with Gasteiger partial charge in [-0.2, -0.15) is 0 Å². The van der Waals surface area contributed by atoms with Crippen molar-refractivity contribution < 1.29 is 14.3 Å². The maximum atomic E-state index is 12.6. The number of fused-ring (bicyclic) bond motifs is 2. The molecule has 156 valence electrons. The molecule has 2 aromatic carbocycles. The number of nitrogens with zero attached hydrogens (tertiary/aromatic N) is 2. The quantitative estimate of drug-likeness (QED) is 0.776. The van der Waals surface area contributed by atoms with E-state index in [0.29, 0.717) is 17.9 Å². The fraction of sp³-hybridized carbons (Fsp3) is 0.375. The van der Waals surface area contributed by atoms with Gasteiger partial charge in [0.15, 0.2) is 0 Å². The van der Waals surface area contributed by atoms with E-state index in [1.807, 2.05) is 24.3 Å². The summed E-state index contributed by atoms with van der Waals surface area (Å²) in [5, 5.41) is 2.94. The number of ether oxygens (including phenoxy) is 2. The first-order valence-electron chi connectivity index (χ1n) is 10.6. The molecular weight excluding hydrogens is 378 g/mol. The van der Waals surface area contributed by atoms with Gasteiger partial charge in [0.25, 0.3) is 5.91 Å². The Labute approximate surface area is 177 Å². The highest BCUT2D eigenvalue weighted by atomic mass is 16.5. The minimum atomic E-state index is -0.0885. The number of nitrogens with one attached hydrogen (secondary N) is 1. The molecule has 0 aromatic heterocycles. The fourth-order valence-electron chi connectivity index (χ4n) is 4.51. The van der Waals surface area contributed by atoms with Crippen LogP contribution in [0.1, 0.15) is 22.3 Å². The van der Waals surface area contributed by atoms with Gasteiger partial charge in [0, 0.05) is 68.8 Å². The van der Waals surface area contributed by atoms with E-state index in [1.165, 1.54) is 5.56 Å². The second kappa shape index (κ2) is 8.22. The van der Waals surface area contributed by atoms with E-state index in [-0.39, 0.29) is 5.91 Å². The lowest BCUT2D eigenvalue weighted by atomic mass is 9.99. The molecule has 30 heavy (non-hydrogen) atoms. The molecule has 0 spiro atoms. The molecule has 1 saturated heterocycles. The van der Waals surface area contributed by atoms with Crippen molar-refractivity contribution in [3.8, 4) is 0 Å². The zero-order valence-corrected chi connectivity index (χ0v) is 17.3. The lowest BCUT2D eigenvalue weighted by Gasteiger charge is -2.34. The van der Waals surface area contributed by atoms with E-state index in [4.69, 9.17) is 9.47 Å². The van der Waals surface area contributed by atoms with E-state index in [2.05, 4.69) is 33.3 Å². The first kappa shape index (κ1) is 19.3. The van der Waals surface area contributed by atoms with E-state index < -0.39 is 0 Å². The maximum Gasteiger partial charge on any atom is 0.260 e. The minimum absolute atomic E-state index is 0.0885. The van der Waals surface area contributed by atoms with Crippen LogP contribution in [0.2, 0.25) is 0 Å². The van der Waals surface area contributed by atoms with Gasteiger partial charge in [-0.1, -0.05) is 36.4 Å². The molecule has 1 N–H and O–H groups in total. The Morgan fingerprint density at radius 1 is 1.03 bits per heavy atom. The van der Waals surface area contributed by atoms with Crippen molar-refractivity contribution in [2.24, 2.45) is 0 Å². The van der Waals surface area contributed by atoms with E-state index in [9.17, 15) is 4.79 Å². The third kappa shape index (κ3) is 3.62. The van der Waals surface area contributed by atoms with Crippen molar-refractivity contribution in [2.75, 3.05) is 51.8 Å². The minimum Gasteiger partial charge on any atom is -0.487 e. The molecule has 0 aliphatic carbocycles. The van der Waals surface area contributed by atoms with Crippen LogP contribution in [0.5, 0.6) is 0 Å². The number of benzene rings is 2. The molecular formula is C24H27N3O3. The Morgan fingerprint density at radius 2 is 1.83 bits per heavy atom. The van der Waals surface area contributed by atoms with Crippen molar-refractivity contribution in [2.45, 2.75) is 13.2 Å². The van der Waals surface area contributed by atoms with Gasteiger partial charge in [0.1, 0.15) is 12.4 Å². The second-order valence-electron chi connectivity index (χ2n) is 8.09. The number of piperazine rings is 1. The summed E-state index contributed by atoms with van der Waals surface area (Å²) in [4.78, 5) is 17.5. The number of amides is 1.